The second-order valence-corrected chi connectivity index (χ2v) is 7.88. The zero-order valence-corrected chi connectivity index (χ0v) is 16.8. The van der Waals surface area contributed by atoms with Crippen LogP contribution in [0.15, 0.2) is 36.4 Å². The first-order valence-electron chi connectivity index (χ1n) is 10.4. The average Bonchev–Trinajstić information content (AvgIpc) is 2.73. The van der Waals surface area contributed by atoms with Crippen molar-refractivity contribution in [2.75, 3.05) is 7.11 Å². The van der Waals surface area contributed by atoms with Gasteiger partial charge in [-0.25, -0.2) is 0 Å². The molecule has 0 spiro atoms. The normalized spacial score (nSPS) is 19.1. The number of carbonyl (C=O) groups is 1. The molecule has 1 amide bonds. The summed E-state index contributed by atoms with van der Waals surface area (Å²) in [5.74, 6) is 1.69. The molecule has 4 heteroatoms. The zero-order chi connectivity index (χ0) is 19.5. The van der Waals surface area contributed by atoms with Crippen molar-refractivity contribution in [3.8, 4) is 11.5 Å². The van der Waals surface area contributed by atoms with Gasteiger partial charge in [-0.1, -0.05) is 18.2 Å². The lowest BCUT2D eigenvalue weighted by molar-refractivity contribution is -0.128. The van der Waals surface area contributed by atoms with Crippen molar-refractivity contribution in [2.24, 2.45) is 0 Å². The molecule has 0 radical (unpaired) electrons. The van der Waals surface area contributed by atoms with E-state index in [4.69, 9.17) is 9.47 Å². The summed E-state index contributed by atoms with van der Waals surface area (Å²) in [5, 5.41) is 3.21. The fourth-order valence-corrected chi connectivity index (χ4v) is 4.46. The van der Waals surface area contributed by atoms with Crippen LogP contribution in [0.5, 0.6) is 11.5 Å². The molecule has 4 nitrogen and oxygen atoms in total. The molecule has 2 aromatic rings. The number of methoxy groups -OCH3 is 1. The Morgan fingerprint density at radius 2 is 1.89 bits per heavy atom. The highest BCUT2D eigenvalue weighted by atomic mass is 16.5. The molecule has 4 rings (SSSR count). The van der Waals surface area contributed by atoms with E-state index in [0.29, 0.717) is 0 Å². The van der Waals surface area contributed by atoms with Crippen LogP contribution < -0.4 is 14.8 Å². The van der Waals surface area contributed by atoms with Crippen LogP contribution in [0.1, 0.15) is 60.9 Å². The van der Waals surface area contributed by atoms with Gasteiger partial charge < -0.3 is 14.8 Å². The van der Waals surface area contributed by atoms with Crippen LogP contribution in [-0.4, -0.2) is 19.1 Å². The molecule has 2 aliphatic carbocycles. The molecule has 0 fully saturated rings. The van der Waals surface area contributed by atoms with Crippen LogP contribution in [0.25, 0.3) is 0 Å². The maximum atomic E-state index is 12.9. The van der Waals surface area contributed by atoms with Gasteiger partial charge in [-0.3, -0.25) is 4.79 Å². The zero-order valence-electron chi connectivity index (χ0n) is 16.8. The Labute approximate surface area is 167 Å². The highest BCUT2D eigenvalue weighted by Gasteiger charge is 2.26. The van der Waals surface area contributed by atoms with Gasteiger partial charge in [-0.2, -0.15) is 0 Å². The van der Waals surface area contributed by atoms with Crippen LogP contribution in [0.2, 0.25) is 0 Å². The minimum atomic E-state index is -0.517. The number of nitrogens with one attached hydrogen (secondary N) is 1. The van der Waals surface area contributed by atoms with E-state index in [9.17, 15) is 4.79 Å². The van der Waals surface area contributed by atoms with E-state index >= 15 is 0 Å². The molecule has 0 aromatic heterocycles. The lowest BCUT2D eigenvalue weighted by Crippen LogP contribution is -2.39. The van der Waals surface area contributed by atoms with Crippen molar-refractivity contribution in [3.63, 3.8) is 0 Å². The van der Waals surface area contributed by atoms with E-state index in [1.165, 1.54) is 35.1 Å². The van der Waals surface area contributed by atoms with E-state index in [2.05, 4.69) is 23.5 Å². The number of ether oxygens (including phenoxy) is 2. The highest BCUT2D eigenvalue weighted by molar-refractivity contribution is 5.81. The molecule has 0 aliphatic heterocycles. The monoisotopic (exact) mass is 379 g/mol. The smallest absolute Gasteiger partial charge is 0.261 e. The third kappa shape index (κ3) is 3.87. The Balaban J connectivity index is 1.45. The Morgan fingerprint density at radius 3 is 2.75 bits per heavy atom. The van der Waals surface area contributed by atoms with Crippen LogP contribution >= 0.6 is 0 Å². The van der Waals surface area contributed by atoms with Gasteiger partial charge >= 0.3 is 0 Å². The summed E-state index contributed by atoms with van der Waals surface area (Å²) in [4.78, 5) is 12.9. The van der Waals surface area contributed by atoms with Gasteiger partial charge in [0.05, 0.1) is 13.2 Å². The van der Waals surface area contributed by atoms with Crippen molar-refractivity contribution in [1.29, 1.82) is 0 Å². The first-order valence-corrected chi connectivity index (χ1v) is 10.4. The van der Waals surface area contributed by atoms with Gasteiger partial charge in [0.25, 0.3) is 5.91 Å². The van der Waals surface area contributed by atoms with Gasteiger partial charge in [0, 0.05) is 0 Å². The summed E-state index contributed by atoms with van der Waals surface area (Å²) < 4.78 is 11.4. The first-order chi connectivity index (χ1) is 13.7. The number of benzene rings is 2. The minimum Gasteiger partial charge on any atom is -0.497 e. The number of rotatable bonds is 5. The molecular formula is C24H29NO3. The maximum Gasteiger partial charge on any atom is 0.261 e. The number of aryl methyl sites for hydroxylation is 2. The van der Waals surface area contributed by atoms with Crippen molar-refractivity contribution in [3.05, 3.63) is 58.7 Å². The predicted octanol–water partition coefficient (Wildman–Crippen LogP) is 4.54. The molecule has 148 valence electrons. The standard InChI is InChI=1S/C24H29NO3/c1-16(28-23-12-6-8-17-7-3-4-10-21(17)23)24(26)25-22-11-5-9-18-15-19(27-2)13-14-20(18)22/h6,8,12-16,22H,3-5,7,9-11H2,1-2H3,(H,25,26)/t16-,22-/m0/s1. The second kappa shape index (κ2) is 8.26. The fraction of sp³-hybridized carbons (Fsp3) is 0.458. The Hall–Kier alpha value is -2.49. The van der Waals surface area contributed by atoms with Gasteiger partial charge in [0.2, 0.25) is 0 Å². The summed E-state index contributed by atoms with van der Waals surface area (Å²) in [6.07, 6.45) is 7.10. The van der Waals surface area contributed by atoms with Crippen molar-refractivity contribution >= 4 is 5.91 Å². The molecule has 28 heavy (non-hydrogen) atoms. The number of fused-ring (bicyclic) bond motifs is 2. The maximum absolute atomic E-state index is 12.9. The van der Waals surface area contributed by atoms with E-state index in [0.717, 1.165) is 43.6 Å². The third-order valence-electron chi connectivity index (χ3n) is 6.01. The molecule has 0 heterocycles. The largest absolute Gasteiger partial charge is 0.497 e. The molecular weight excluding hydrogens is 350 g/mol. The van der Waals surface area contributed by atoms with Crippen molar-refractivity contribution in [1.82, 2.24) is 5.32 Å². The molecule has 0 unspecified atom stereocenters. The lowest BCUT2D eigenvalue weighted by Gasteiger charge is -2.28. The van der Waals surface area contributed by atoms with Crippen molar-refractivity contribution in [2.45, 2.75) is 64.0 Å². The SMILES string of the molecule is COc1ccc2c(c1)CCC[C@@H]2NC(=O)[C@H](C)Oc1cccc2c1CCCC2. The average molecular weight is 380 g/mol. The van der Waals surface area contributed by atoms with Crippen LogP contribution in [-0.2, 0) is 24.1 Å². The summed E-state index contributed by atoms with van der Waals surface area (Å²) in [5.41, 5.74) is 5.11. The molecule has 2 aliphatic rings. The number of hydrogen-bond acceptors (Lipinski definition) is 3. The number of carbonyl (C=O) groups excluding carboxylic acids is 1. The highest BCUT2D eigenvalue weighted by Crippen LogP contribution is 2.33. The third-order valence-corrected chi connectivity index (χ3v) is 6.01. The topological polar surface area (TPSA) is 47.6 Å². The van der Waals surface area contributed by atoms with Crippen LogP contribution in [0, 0.1) is 0 Å². The summed E-state index contributed by atoms with van der Waals surface area (Å²) in [7, 11) is 1.69. The molecule has 1 N–H and O–H groups in total. The molecule has 2 atom stereocenters. The van der Waals surface area contributed by atoms with Gasteiger partial charge in [-0.15, -0.1) is 0 Å². The first kappa shape index (κ1) is 18.9. The minimum absolute atomic E-state index is 0.0397. The van der Waals surface area contributed by atoms with E-state index < -0.39 is 6.10 Å². The number of amides is 1. The van der Waals surface area contributed by atoms with Gasteiger partial charge in [0.1, 0.15) is 11.5 Å². The lowest BCUT2D eigenvalue weighted by atomic mass is 9.87. The summed E-state index contributed by atoms with van der Waals surface area (Å²) in [6, 6.07) is 12.4. The Morgan fingerprint density at radius 1 is 1.07 bits per heavy atom. The number of hydrogen-bond donors (Lipinski definition) is 1. The van der Waals surface area contributed by atoms with Crippen LogP contribution in [0.4, 0.5) is 0 Å². The Kier molecular flexibility index (Phi) is 5.56. The quantitative estimate of drug-likeness (QED) is 0.830. The van der Waals surface area contributed by atoms with Gasteiger partial charge in [-0.05, 0) is 92.3 Å². The van der Waals surface area contributed by atoms with Gasteiger partial charge in [0.15, 0.2) is 6.10 Å². The van der Waals surface area contributed by atoms with Crippen molar-refractivity contribution < 1.29 is 14.3 Å². The van der Waals surface area contributed by atoms with Crippen LogP contribution in [0.3, 0.4) is 0 Å². The van der Waals surface area contributed by atoms with E-state index in [1.54, 1.807) is 7.11 Å². The molecule has 0 bridgehead atoms. The fourth-order valence-electron chi connectivity index (χ4n) is 4.46. The predicted molar refractivity (Wildman–Crippen MR) is 110 cm³/mol. The van der Waals surface area contributed by atoms with E-state index in [1.807, 2.05) is 25.1 Å². The summed E-state index contributed by atoms with van der Waals surface area (Å²) in [6.45, 7) is 1.84. The Bertz CT molecular complexity index is 861. The second-order valence-electron chi connectivity index (χ2n) is 7.88. The summed E-state index contributed by atoms with van der Waals surface area (Å²) >= 11 is 0. The molecule has 2 aromatic carbocycles. The molecule has 0 saturated heterocycles. The van der Waals surface area contributed by atoms with E-state index in [-0.39, 0.29) is 11.9 Å². The molecule has 0 saturated carbocycles.